The first kappa shape index (κ1) is 25.5. The van der Waals surface area contributed by atoms with Crippen molar-refractivity contribution in [1.82, 2.24) is 0 Å². The van der Waals surface area contributed by atoms with Gasteiger partial charge in [0.1, 0.15) is 17.2 Å². The molecule has 0 saturated carbocycles. The molecule has 0 aliphatic rings. The smallest absolute Gasteiger partial charge is 0.269 e. The fourth-order valence-corrected chi connectivity index (χ4v) is 3.41. The van der Waals surface area contributed by atoms with Crippen molar-refractivity contribution in [3.8, 4) is 11.5 Å². The van der Waals surface area contributed by atoms with Crippen LogP contribution in [0.15, 0.2) is 69.0 Å². The number of methoxy groups -OCH3 is 2. The predicted molar refractivity (Wildman–Crippen MR) is 136 cm³/mol. The van der Waals surface area contributed by atoms with E-state index in [9.17, 15) is 10.1 Å². The molecular weight excluding hydrogens is 446 g/mol. The molecule has 0 aliphatic carbocycles. The summed E-state index contributed by atoms with van der Waals surface area (Å²) in [7, 11) is 3.20. The van der Waals surface area contributed by atoms with Gasteiger partial charge in [-0.25, -0.2) is 0 Å². The monoisotopic (exact) mass is 475 g/mol. The molecule has 0 saturated heterocycles. The summed E-state index contributed by atoms with van der Waals surface area (Å²) in [6.45, 7) is 10.3. The Bertz CT molecular complexity index is 1290. The molecule has 3 aromatic carbocycles. The summed E-state index contributed by atoms with van der Waals surface area (Å²) in [5.74, 6) is 1.26. The Hall–Kier alpha value is -4.14. The van der Waals surface area contributed by atoms with E-state index in [0.717, 1.165) is 22.4 Å². The molecule has 3 aromatic rings. The van der Waals surface area contributed by atoms with Gasteiger partial charge in [0, 0.05) is 24.3 Å². The lowest BCUT2D eigenvalue weighted by Crippen LogP contribution is -2.13. The van der Waals surface area contributed by atoms with Gasteiger partial charge in [-0.1, -0.05) is 20.8 Å². The summed E-state index contributed by atoms with van der Waals surface area (Å²) in [6.07, 6.45) is 0. The first-order valence-corrected chi connectivity index (χ1v) is 11.0. The van der Waals surface area contributed by atoms with Crippen LogP contribution >= 0.6 is 0 Å². The van der Waals surface area contributed by atoms with E-state index in [1.807, 2.05) is 26.0 Å². The number of rotatable bonds is 7. The Morgan fingerprint density at radius 3 is 1.80 bits per heavy atom. The van der Waals surface area contributed by atoms with Crippen LogP contribution in [0, 0.1) is 24.0 Å². The molecule has 0 unspecified atom stereocenters. The summed E-state index contributed by atoms with van der Waals surface area (Å²) in [6, 6.07) is 13.4. The van der Waals surface area contributed by atoms with Crippen LogP contribution in [0.1, 0.15) is 37.5 Å². The highest BCUT2D eigenvalue weighted by molar-refractivity contribution is 5.63. The Kier molecular flexibility index (Phi) is 7.58. The maximum absolute atomic E-state index is 10.8. The average Bonchev–Trinajstić information content (AvgIpc) is 2.82. The van der Waals surface area contributed by atoms with E-state index in [1.165, 1.54) is 12.1 Å². The molecule has 9 nitrogen and oxygen atoms in total. The molecule has 0 amide bonds. The molecule has 3 rings (SSSR count). The van der Waals surface area contributed by atoms with Gasteiger partial charge in [-0.15, -0.1) is 5.11 Å². The van der Waals surface area contributed by atoms with E-state index < -0.39 is 4.92 Å². The summed E-state index contributed by atoms with van der Waals surface area (Å²) in [4.78, 5) is 10.3. The molecule has 182 valence electrons. The number of nitrogens with zero attached hydrogens (tertiary/aromatic N) is 5. The van der Waals surface area contributed by atoms with E-state index >= 15 is 0 Å². The normalized spacial score (nSPS) is 11.9. The maximum atomic E-state index is 10.8. The number of non-ortho nitro benzene ring substituents is 1. The zero-order valence-corrected chi connectivity index (χ0v) is 21.0. The molecule has 0 aromatic heterocycles. The van der Waals surface area contributed by atoms with Crippen LogP contribution < -0.4 is 9.47 Å². The van der Waals surface area contributed by atoms with Crippen LogP contribution in [-0.2, 0) is 5.41 Å². The Morgan fingerprint density at radius 2 is 1.26 bits per heavy atom. The van der Waals surface area contributed by atoms with Crippen molar-refractivity contribution >= 4 is 28.4 Å². The predicted octanol–water partition coefficient (Wildman–Crippen LogP) is 8.36. The standard InChI is InChI=1S/C26H29N5O4/c1-16-12-20(26(3,4)5)24(34-6)14-21(16)29-30-23-13-17(2)22(15-25(23)35-7)28-27-18-8-10-19(11-9-18)31(32)33/h8-15H,1-7H3. The van der Waals surface area contributed by atoms with E-state index in [0.29, 0.717) is 28.5 Å². The second-order valence-electron chi connectivity index (χ2n) is 9.07. The lowest BCUT2D eigenvalue weighted by Gasteiger charge is -2.23. The van der Waals surface area contributed by atoms with Gasteiger partial charge in [0.2, 0.25) is 0 Å². The van der Waals surface area contributed by atoms with Crippen molar-refractivity contribution in [1.29, 1.82) is 0 Å². The van der Waals surface area contributed by atoms with Crippen molar-refractivity contribution in [3.63, 3.8) is 0 Å². The van der Waals surface area contributed by atoms with Gasteiger partial charge in [-0.3, -0.25) is 10.1 Å². The van der Waals surface area contributed by atoms with Crippen LogP contribution in [0.5, 0.6) is 11.5 Å². The first-order valence-electron chi connectivity index (χ1n) is 11.0. The zero-order chi connectivity index (χ0) is 25.8. The molecule has 9 heteroatoms. The van der Waals surface area contributed by atoms with Crippen molar-refractivity contribution in [2.75, 3.05) is 14.2 Å². The van der Waals surface area contributed by atoms with Crippen LogP contribution in [0.2, 0.25) is 0 Å². The fraction of sp³-hybridized carbons (Fsp3) is 0.308. The Balaban J connectivity index is 1.90. The molecule has 0 atom stereocenters. The highest BCUT2D eigenvalue weighted by Crippen LogP contribution is 2.39. The second kappa shape index (κ2) is 10.4. The topological polar surface area (TPSA) is 111 Å². The minimum atomic E-state index is -0.459. The number of hydrogen-bond donors (Lipinski definition) is 0. The molecule has 35 heavy (non-hydrogen) atoms. The van der Waals surface area contributed by atoms with Gasteiger partial charge < -0.3 is 9.47 Å². The van der Waals surface area contributed by atoms with Crippen LogP contribution in [-0.4, -0.2) is 19.1 Å². The molecular formula is C26H29N5O4. The van der Waals surface area contributed by atoms with Gasteiger partial charge in [-0.05, 0) is 60.2 Å². The number of ether oxygens (including phenoxy) is 2. The van der Waals surface area contributed by atoms with Crippen LogP contribution in [0.4, 0.5) is 28.4 Å². The van der Waals surface area contributed by atoms with Crippen molar-refractivity contribution in [2.24, 2.45) is 20.5 Å². The van der Waals surface area contributed by atoms with Gasteiger partial charge >= 0.3 is 0 Å². The molecule has 0 radical (unpaired) electrons. The number of hydrogen-bond acceptors (Lipinski definition) is 8. The third-order valence-electron chi connectivity index (χ3n) is 5.42. The van der Waals surface area contributed by atoms with E-state index in [1.54, 1.807) is 32.4 Å². The number of aryl methyl sites for hydroxylation is 2. The largest absolute Gasteiger partial charge is 0.496 e. The summed E-state index contributed by atoms with van der Waals surface area (Å²) in [5, 5.41) is 28.1. The molecule has 0 spiro atoms. The molecule has 0 aliphatic heterocycles. The third-order valence-corrected chi connectivity index (χ3v) is 5.42. The first-order chi connectivity index (χ1) is 16.5. The van der Waals surface area contributed by atoms with Crippen LogP contribution in [0.3, 0.4) is 0 Å². The number of azo groups is 2. The minimum Gasteiger partial charge on any atom is -0.496 e. The third kappa shape index (κ3) is 6.06. The van der Waals surface area contributed by atoms with E-state index in [4.69, 9.17) is 9.47 Å². The minimum absolute atomic E-state index is 0.00239. The summed E-state index contributed by atoms with van der Waals surface area (Å²) >= 11 is 0. The van der Waals surface area contributed by atoms with Gasteiger partial charge in [-0.2, -0.15) is 15.3 Å². The maximum Gasteiger partial charge on any atom is 0.269 e. The fourth-order valence-electron chi connectivity index (χ4n) is 3.41. The number of benzene rings is 3. The molecule has 0 heterocycles. The van der Waals surface area contributed by atoms with Crippen molar-refractivity contribution < 1.29 is 14.4 Å². The Labute approximate surface area is 204 Å². The number of nitro benzene ring substituents is 1. The SMILES string of the molecule is COc1cc(N=Nc2ccc([N+](=O)[O-])cc2)c(C)cc1N=Nc1cc(OC)c(C(C)(C)C)cc1C. The van der Waals surface area contributed by atoms with Gasteiger partial charge in [0.25, 0.3) is 5.69 Å². The lowest BCUT2D eigenvalue weighted by molar-refractivity contribution is -0.384. The Morgan fingerprint density at radius 1 is 0.743 bits per heavy atom. The highest BCUT2D eigenvalue weighted by Gasteiger charge is 2.20. The molecule has 0 N–H and O–H groups in total. The van der Waals surface area contributed by atoms with Gasteiger partial charge in [0.05, 0.1) is 36.2 Å². The number of nitro groups is 1. The van der Waals surface area contributed by atoms with Crippen LogP contribution in [0.25, 0.3) is 0 Å². The summed E-state index contributed by atoms with van der Waals surface area (Å²) in [5.41, 5.74) is 5.20. The van der Waals surface area contributed by atoms with E-state index in [-0.39, 0.29) is 11.1 Å². The van der Waals surface area contributed by atoms with E-state index in [2.05, 4.69) is 47.3 Å². The van der Waals surface area contributed by atoms with Crippen molar-refractivity contribution in [3.05, 3.63) is 75.3 Å². The molecule has 0 bridgehead atoms. The quantitative estimate of drug-likeness (QED) is 0.194. The molecule has 0 fully saturated rings. The second-order valence-corrected chi connectivity index (χ2v) is 9.07. The lowest BCUT2D eigenvalue weighted by atomic mass is 9.85. The summed E-state index contributed by atoms with van der Waals surface area (Å²) < 4.78 is 11.1. The van der Waals surface area contributed by atoms with Gasteiger partial charge in [0.15, 0.2) is 0 Å². The zero-order valence-electron chi connectivity index (χ0n) is 21.0. The average molecular weight is 476 g/mol. The highest BCUT2D eigenvalue weighted by atomic mass is 16.6. The van der Waals surface area contributed by atoms with Crippen molar-refractivity contribution in [2.45, 2.75) is 40.0 Å².